The molecule has 1 aromatic heterocycles. The highest BCUT2D eigenvalue weighted by Crippen LogP contribution is 2.30. The highest BCUT2D eigenvalue weighted by atomic mass is 32.1. The van der Waals surface area contributed by atoms with Crippen LogP contribution in [0.1, 0.15) is 38.3 Å². The molecule has 0 atom stereocenters. The van der Waals surface area contributed by atoms with Crippen molar-refractivity contribution in [2.75, 3.05) is 7.05 Å². The van der Waals surface area contributed by atoms with E-state index in [1.807, 2.05) is 6.92 Å². The van der Waals surface area contributed by atoms with Crippen LogP contribution in [-0.4, -0.2) is 39.6 Å². The molecule has 0 aliphatic rings. The number of aryl methyl sites for hydroxylation is 1. The van der Waals surface area contributed by atoms with Gasteiger partial charge in [-0.15, -0.1) is 11.3 Å². The maximum atomic E-state index is 12.3. The van der Waals surface area contributed by atoms with Crippen molar-refractivity contribution in [3.63, 3.8) is 0 Å². The van der Waals surface area contributed by atoms with Crippen LogP contribution < -0.4 is 5.32 Å². The summed E-state index contributed by atoms with van der Waals surface area (Å²) in [6.07, 6.45) is 0. The molecule has 118 valence electrons. The number of rotatable bonds is 5. The van der Waals surface area contributed by atoms with Crippen LogP contribution in [0, 0.1) is 12.3 Å². The maximum absolute atomic E-state index is 12.3. The maximum Gasteiger partial charge on any atom is 0.317 e. The molecule has 6 nitrogen and oxygen atoms in total. The third-order valence-corrected chi connectivity index (χ3v) is 5.01. The SMILES string of the molecule is Cc1ncsc1CN(C)C(=O)NC(C)(C)C(C)(C)C(=O)O. The second-order valence-corrected chi connectivity index (χ2v) is 7.14. The molecule has 0 aliphatic carbocycles. The molecule has 0 unspecified atom stereocenters. The Hall–Kier alpha value is -1.63. The molecule has 7 heteroatoms. The molecule has 0 aliphatic heterocycles. The first-order valence-electron chi connectivity index (χ1n) is 6.64. The lowest BCUT2D eigenvalue weighted by Crippen LogP contribution is -2.59. The van der Waals surface area contributed by atoms with Gasteiger partial charge in [0.15, 0.2) is 0 Å². The largest absolute Gasteiger partial charge is 0.481 e. The Kier molecular flexibility index (Phi) is 4.99. The van der Waals surface area contributed by atoms with E-state index in [-0.39, 0.29) is 6.03 Å². The van der Waals surface area contributed by atoms with E-state index in [0.717, 1.165) is 10.6 Å². The van der Waals surface area contributed by atoms with Gasteiger partial charge in [-0.1, -0.05) is 0 Å². The average molecular weight is 313 g/mol. The fourth-order valence-electron chi connectivity index (χ4n) is 1.55. The lowest BCUT2D eigenvalue weighted by molar-refractivity contribution is -0.150. The van der Waals surface area contributed by atoms with E-state index in [0.29, 0.717) is 6.54 Å². The molecular formula is C14H23N3O3S. The second kappa shape index (κ2) is 6.01. The standard InChI is InChI=1S/C14H23N3O3S/c1-9-10(21-8-15-9)7-17(6)12(20)16-14(4,5)13(2,3)11(18)19/h8H,7H2,1-6H3,(H,16,20)(H,18,19). The number of hydrogen-bond donors (Lipinski definition) is 2. The van der Waals surface area contributed by atoms with Crippen LogP contribution >= 0.6 is 11.3 Å². The zero-order valence-electron chi connectivity index (χ0n) is 13.4. The quantitative estimate of drug-likeness (QED) is 0.875. The fourth-order valence-corrected chi connectivity index (χ4v) is 2.38. The Balaban J connectivity index is 2.76. The summed E-state index contributed by atoms with van der Waals surface area (Å²) in [5.74, 6) is -0.950. The first-order valence-corrected chi connectivity index (χ1v) is 7.52. The summed E-state index contributed by atoms with van der Waals surface area (Å²) in [5.41, 5.74) is 0.690. The van der Waals surface area contributed by atoms with E-state index >= 15 is 0 Å². The summed E-state index contributed by atoms with van der Waals surface area (Å²) in [5, 5.41) is 12.1. The molecule has 0 saturated carbocycles. The van der Waals surface area contributed by atoms with Crippen LogP contribution in [0.4, 0.5) is 4.79 Å². The van der Waals surface area contributed by atoms with Crippen molar-refractivity contribution in [3.8, 4) is 0 Å². The van der Waals surface area contributed by atoms with Crippen molar-refractivity contribution in [1.82, 2.24) is 15.2 Å². The average Bonchev–Trinajstić information content (AvgIpc) is 2.73. The molecule has 0 fully saturated rings. The minimum absolute atomic E-state index is 0.304. The Morgan fingerprint density at radius 3 is 2.38 bits per heavy atom. The van der Waals surface area contributed by atoms with Gasteiger partial charge in [-0.05, 0) is 34.6 Å². The number of carboxylic acid groups (broad SMARTS) is 1. The molecule has 1 rings (SSSR count). The monoisotopic (exact) mass is 313 g/mol. The van der Waals surface area contributed by atoms with Crippen molar-refractivity contribution in [2.45, 2.75) is 46.7 Å². The van der Waals surface area contributed by atoms with E-state index in [1.165, 1.54) is 16.2 Å². The lowest BCUT2D eigenvalue weighted by atomic mass is 9.74. The minimum Gasteiger partial charge on any atom is -0.481 e. The molecule has 0 bridgehead atoms. The smallest absolute Gasteiger partial charge is 0.317 e. The van der Waals surface area contributed by atoms with Crippen LogP contribution in [-0.2, 0) is 11.3 Å². The molecule has 1 heterocycles. The summed E-state index contributed by atoms with van der Waals surface area (Å²) < 4.78 is 0. The number of aromatic nitrogens is 1. The number of urea groups is 1. The topological polar surface area (TPSA) is 82.5 Å². The van der Waals surface area contributed by atoms with Crippen molar-refractivity contribution in [3.05, 3.63) is 16.1 Å². The van der Waals surface area contributed by atoms with Gasteiger partial charge in [-0.3, -0.25) is 4.79 Å². The van der Waals surface area contributed by atoms with E-state index in [2.05, 4.69) is 10.3 Å². The summed E-state index contributed by atoms with van der Waals surface area (Å²) >= 11 is 1.50. The molecule has 0 saturated heterocycles. The van der Waals surface area contributed by atoms with Crippen molar-refractivity contribution in [2.24, 2.45) is 5.41 Å². The zero-order valence-corrected chi connectivity index (χ0v) is 14.2. The third kappa shape index (κ3) is 3.72. The number of carbonyl (C=O) groups excluding carboxylic acids is 1. The van der Waals surface area contributed by atoms with E-state index in [1.54, 1.807) is 40.3 Å². The van der Waals surface area contributed by atoms with E-state index in [9.17, 15) is 14.7 Å². The van der Waals surface area contributed by atoms with Gasteiger partial charge in [-0.2, -0.15) is 0 Å². The van der Waals surface area contributed by atoms with Gasteiger partial charge in [0.25, 0.3) is 0 Å². The number of aliphatic carboxylic acids is 1. The van der Waals surface area contributed by atoms with Gasteiger partial charge in [-0.25, -0.2) is 9.78 Å². The normalized spacial score (nSPS) is 12.1. The highest BCUT2D eigenvalue weighted by Gasteiger charge is 2.44. The number of carbonyl (C=O) groups is 2. The van der Waals surface area contributed by atoms with E-state index < -0.39 is 16.9 Å². The molecule has 0 spiro atoms. The van der Waals surface area contributed by atoms with Gasteiger partial charge in [0.05, 0.1) is 28.7 Å². The number of carboxylic acids is 1. The van der Waals surface area contributed by atoms with Crippen LogP contribution in [0.15, 0.2) is 5.51 Å². The van der Waals surface area contributed by atoms with Crippen LogP contribution in [0.25, 0.3) is 0 Å². The van der Waals surface area contributed by atoms with Gasteiger partial charge in [0, 0.05) is 11.9 Å². The zero-order chi connectivity index (χ0) is 16.4. The predicted octanol–water partition coefficient (Wildman–Crippen LogP) is 2.48. The first kappa shape index (κ1) is 17.4. The summed E-state index contributed by atoms with van der Waals surface area (Å²) in [6, 6.07) is -0.304. The van der Waals surface area contributed by atoms with Crippen molar-refractivity contribution < 1.29 is 14.7 Å². The number of thiazole rings is 1. The van der Waals surface area contributed by atoms with Crippen LogP contribution in [0.5, 0.6) is 0 Å². The van der Waals surface area contributed by atoms with E-state index in [4.69, 9.17) is 0 Å². The third-order valence-electron chi connectivity index (χ3n) is 4.09. The van der Waals surface area contributed by atoms with Crippen molar-refractivity contribution in [1.29, 1.82) is 0 Å². The molecule has 2 N–H and O–H groups in total. The highest BCUT2D eigenvalue weighted by molar-refractivity contribution is 7.09. The number of hydrogen-bond acceptors (Lipinski definition) is 4. The number of amides is 2. The van der Waals surface area contributed by atoms with Gasteiger partial charge in [0.1, 0.15) is 0 Å². The Labute approximate surface area is 129 Å². The number of nitrogens with one attached hydrogen (secondary N) is 1. The molecular weight excluding hydrogens is 290 g/mol. The Bertz CT molecular complexity index is 537. The minimum atomic E-state index is -1.08. The summed E-state index contributed by atoms with van der Waals surface area (Å²) in [7, 11) is 1.68. The van der Waals surface area contributed by atoms with Gasteiger partial charge < -0.3 is 15.3 Å². The molecule has 21 heavy (non-hydrogen) atoms. The molecule has 0 aromatic carbocycles. The summed E-state index contributed by atoms with van der Waals surface area (Å²) in [4.78, 5) is 30.3. The summed E-state index contributed by atoms with van der Waals surface area (Å²) in [6.45, 7) is 8.97. The molecule has 0 radical (unpaired) electrons. The Morgan fingerprint density at radius 2 is 1.95 bits per heavy atom. The van der Waals surface area contributed by atoms with Crippen LogP contribution in [0.2, 0.25) is 0 Å². The van der Waals surface area contributed by atoms with Crippen molar-refractivity contribution >= 4 is 23.3 Å². The fraction of sp³-hybridized carbons (Fsp3) is 0.643. The first-order chi connectivity index (χ1) is 9.49. The van der Waals surface area contributed by atoms with Crippen LogP contribution in [0.3, 0.4) is 0 Å². The molecule has 2 amide bonds. The second-order valence-electron chi connectivity index (χ2n) is 6.20. The van der Waals surface area contributed by atoms with Gasteiger partial charge in [0.2, 0.25) is 0 Å². The lowest BCUT2D eigenvalue weighted by Gasteiger charge is -2.39. The predicted molar refractivity (Wildman–Crippen MR) is 82.3 cm³/mol. The number of nitrogens with zero attached hydrogens (tertiary/aromatic N) is 2. The Morgan fingerprint density at radius 1 is 1.38 bits per heavy atom. The molecule has 1 aromatic rings. The van der Waals surface area contributed by atoms with Gasteiger partial charge >= 0.3 is 12.0 Å².